The number of hydrogen-bond acceptors (Lipinski definition) is 6. The van der Waals surface area contributed by atoms with E-state index in [0.29, 0.717) is 36.2 Å². The molecule has 0 fully saturated rings. The number of carbonyl (C=O) groups is 2. The Morgan fingerprint density at radius 2 is 1.17 bits per heavy atom. The van der Waals surface area contributed by atoms with Gasteiger partial charge in [0.15, 0.2) is 34.6 Å². The molecule has 2 aromatic carbocycles. The second-order valence-electron chi connectivity index (χ2n) is 7.57. The van der Waals surface area contributed by atoms with E-state index in [-0.39, 0.29) is 18.0 Å². The molecule has 6 heteroatoms. The Kier molecular flexibility index (Phi) is 11.5. The van der Waals surface area contributed by atoms with Gasteiger partial charge in [-0.2, -0.15) is 0 Å². The van der Waals surface area contributed by atoms with E-state index in [2.05, 4.69) is 19.7 Å². The molecule has 0 N–H and O–H groups in total. The van der Waals surface area contributed by atoms with Gasteiger partial charge >= 0.3 is 0 Å². The van der Waals surface area contributed by atoms with E-state index in [1.54, 1.807) is 66.8 Å². The lowest BCUT2D eigenvalue weighted by molar-refractivity contribution is -0.127. The molecular formula is C30H32O6. The summed E-state index contributed by atoms with van der Waals surface area (Å²) in [6.07, 6.45) is 11.1. The molecule has 0 saturated heterocycles. The molecule has 0 atom stereocenters. The standard InChI is InChI=1S/C30H32O6/c1-6-9-24(25(31)14-10-22-12-16-27(35-18-7-2)29(20-22)33-4)26(32)15-11-23-13-17-28(36-19-8-3)30(21-23)34-5/h6-8,10-17,20-21,24H,1-3,9,18-19H2,4-5H3. The highest BCUT2D eigenvalue weighted by Crippen LogP contribution is 2.30. The first-order valence-electron chi connectivity index (χ1n) is 11.4. The SMILES string of the molecule is C=CCOc1ccc(C=CC(=O)C(CC=C)C(=O)C=Cc2ccc(OCC=C)c(OC)c2)cc1OC. The van der Waals surface area contributed by atoms with Gasteiger partial charge in [0.1, 0.15) is 13.2 Å². The zero-order valence-electron chi connectivity index (χ0n) is 20.8. The van der Waals surface area contributed by atoms with Gasteiger partial charge in [0.2, 0.25) is 0 Å². The number of rotatable bonds is 16. The van der Waals surface area contributed by atoms with Crippen molar-refractivity contribution in [2.45, 2.75) is 6.42 Å². The van der Waals surface area contributed by atoms with Gasteiger partial charge in [-0.3, -0.25) is 9.59 Å². The molecule has 2 rings (SSSR count). The van der Waals surface area contributed by atoms with Crippen molar-refractivity contribution in [1.29, 1.82) is 0 Å². The van der Waals surface area contributed by atoms with Crippen molar-refractivity contribution in [3.8, 4) is 23.0 Å². The predicted molar refractivity (Wildman–Crippen MR) is 144 cm³/mol. The van der Waals surface area contributed by atoms with E-state index >= 15 is 0 Å². The summed E-state index contributed by atoms with van der Waals surface area (Å²) in [6.45, 7) is 11.6. The normalized spacial score (nSPS) is 11.6. The van der Waals surface area contributed by atoms with E-state index in [1.165, 1.54) is 26.4 Å². The second-order valence-corrected chi connectivity index (χ2v) is 7.57. The Bertz CT molecular complexity index is 1060. The fraction of sp³-hybridized carbons (Fsp3) is 0.200. The highest BCUT2D eigenvalue weighted by molar-refractivity contribution is 6.13. The van der Waals surface area contributed by atoms with Crippen molar-refractivity contribution in [3.63, 3.8) is 0 Å². The smallest absolute Gasteiger partial charge is 0.166 e. The van der Waals surface area contributed by atoms with Crippen LogP contribution in [-0.4, -0.2) is 39.0 Å². The van der Waals surface area contributed by atoms with E-state index in [0.717, 1.165) is 11.1 Å². The summed E-state index contributed by atoms with van der Waals surface area (Å²) in [5.74, 6) is 0.700. The van der Waals surface area contributed by atoms with Crippen LogP contribution >= 0.6 is 0 Å². The molecule has 0 radical (unpaired) electrons. The average Bonchev–Trinajstić information content (AvgIpc) is 2.91. The molecule has 6 nitrogen and oxygen atoms in total. The number of ketones is 2. The zero-order valence-corrected chi connectivity index (χ0v) is 20.8. The molecule has 0 aromatic heterocycles. The van der Waals surface area contributed by atoms with Crippen LogP contribution in [0.4, 0.5) is 0 Å². The van der Waals surface area contributed by atoms with Crippen molar-refractivity contribution in [2.24, 2.45) is 5.92 Å². The molecule has 0 aliphatic rings. The van der Waals surface area contributed by atoms with Crippen LogP contribution < -0.4 is 18.9 Å². The van der Waals surface area contributed by atoms with Crippen molar-refractivity contribution >= 4 is 23.7 Å². The van der Waals surface area contributed by atoms with Crippen LogP contribution in [0.1, 0.15) is 17.5 Å². The predicted octanol–water partition coefficient (Wildman–Crippen LogP) is 5.89. The molecule has 0 aliphatic carbocycles. The van der Waals surface area contributed by atoms with Gasteiger partial charge < -0.3 is 18.9 Å². The molecule has 0 spiro atoms. The summed E-state index contributed by atoms with van der Waals surface area (Å²) in [5, 5.41) is 0. The fourth-order valence-corrected chi connectivity index (χ4v) is 3.24. The number of carbonyl (C=O) groups excluding carboxylic acids is 2. The van der Waals surface area contributed by atoms with Gasteiger partial charge in [-0.1, -0.05) is 55.7 Å². The second kappa shape index (κ2) is 14.8. The van der Waals surface area contributed by atoms with E-state index in [1.807, 2.05) is 0 Å². The third kappa shape index (κ3) is 8.17. The molecule has 0 amide bonds. The van der Waals surface area contributed by atoms with Crippen molar-refractivity contribution in [1.82, 2.24) is 0 Å². The fourth-order valence-electron chi connectivity index (χ4n) is 3.24. The van der Waals surface area contributed by atoms with Crippen molar-refractivity contribution < 1.29 is 28.5 Å². The Morgan fingerprint density at radius 3 is 1.53 bits per heavy atom. The summed E-state index contributed by atoms with van der Waals surface area (Å²) >= 11 is 0. The first-order valence-corrected chi connectivity index (χ1v) is 11.4. The molecule has 0 saturated carbocycles. The Morgan fingerprint density at radius 1 is 0.722 bits per heavy atom. The van der Waals surface area contributed by atoms with Crippen LogP contribution in [0, 0.1) is 5.92 Å². The summed E-state index contributed by atoms with van der Waals surface area (Å²) in [6, 6.07) is 10.6. The summed E-state index contributed by atoms with van der Waals surface area (Å²) in [7, 11) is 3.08. The van der Waals surface area contributed by atoms with Gasteiger partial charge in [-0.15, -0.1) is 6.58 Å². The van der Waals surface area contributed by atoms with Crippen molar-refractivity contribution in [2.75, 3.05) is 27.4 Å². The lowest BCUT2D eigenvalue weighted by atomic mass is 9.93. The van der Waals surface area contributed by atoms with E-state index in [9.17, 15) is 9.59 Å². The highest BCUT2D eigenvalue weighted by Gasteiger charge is 2.21. The minimum atomic E-state index is -0.871. The maximum atomic E-state index is 12.9. The van der Waals surface area contributed by atoms with Crippen LogP contribution in [0.5, 0.6) is 23.0 Å². The first kappa shape index (κ1) is 27.9. The van der Waals surface area contributed by atoms with Crippen LogP contribution in [0.3, 0.4) is 0 Å². The zero-order chi connectivity index (χ0) is 26.3. The maximum absolute atomic E-state index is 12.9. The quantitative estimate of drug-likeness (QED) is 0.167. The van der Waals surface area contributed by atoms with Gasteiger partial charge in [0, 0.05) is 0 Å². The number of benzene rings is 2. The third-order valence-corrected chi connectivity index (χ3v) is 5.06. The van der Waals surface area contributed by atoms with E-state index < -0.39 is 5.92 Å². The highest BCUT2D eigenvalue weighted by atomic mass is 16.5. The molecule has 2 aromatic rings. The van der Waals surface area contributed by atoms with Gasteiger partial charge in [-0.05, 0) is 54.0 Å². The lowest BCUT2D eigenvalue weighted by Gasteiger charge is -2.11. The lowest BCUT2D eigenvalue weighted by Crippen LogP contribution is -2.20. The number of methoxy groups -OCH3 is 2. The number of hydrogen-bond donors (Lipinski definition) is 0. The Hall–Kier alpha value is -4.32. The molecule has 188 valence electrons. The monoisotopic (exact) mass is 488 g/mol. The molecular weight excluding hydrogens is 456 g/mol. The first-order chi connectivity index (χ1) is 17.5. The number of ether oxygens (including phenoxy) is 4. The largest absolute Gasteiger partial charge is 0.493 e. The Balaban J connectivity index is 2.15. The molecule has 0 heterocycles. The summed E-state index contributed by atoms with van der Waals surface area (Å²) in [4.78, 5) is 25.7. The van der Waals surface area contributed by atoms with Crippen LogP contribution in [0.2, 0.25) is 0 Å². The minimum absolute atomic E-state index is 0.224. The van der Waals surface area contributed by atoms with Gasteiger partial charge in [0.05, 0.1) is 20.1 Å². The number of allylic oxidation sites excluding steroid dienone is 3. The molecule has 0 aliphatic heterocycles. The third-order valence-electron chi connectivity index (χ3n) is 5.06. The molecule has 0 bridgehead atoms. The minimum Gasteiger partial charge on any atom is -0.493 e. The van der Waals surface area contributed by atoms with E-state index in [4.69, 9.17) is 18.9 Å². The summed E-state index contributed by atoms with van der Waals surface area (Å²) < 4.78 is 21.8. The Labute approximate surface area is 212 Å². The topological polar surface area (TPSA) is 71.1 Å². The average molecular weight is 489 g/mol. The van der Waals surface area contributed by atoms with Crippen LogP contribution in [0.25, 0.3) is 12.2 Å². The van der Waals surface area contributed by atoms with Crippen LogP contribution in [0.15, 0.2) is 86.5 Å². The summed E-state index contributed by atoms with van der Waals surface area (Å²) in [5.41, 5.74) is 1.47. The van der Waals surface area contributed by atoms with Crippen molar-refractivity contribution in [3.05, 3.63) is 97.6 Å². The van der Waals surface area contributed by atoms with Gasteiger partial charge in [-0.25, -0.2) is 0 Å². The molecule has 0 unspecified atom stereocenters. The molecule has 36 heavy (non-hydrogen) atoms. The van der Waals surface area contributed by atoms with Crippen LogP contribution in [-0.2, 0) is 9.59 Å². The van der Waals surface area contributed by atoms with Gasteiger partial charge in [0.25, 0.3) is 0 Å². The maximum Gasteiger partial charge on any atom is 0.166 e.